The van der Waals surface area contributed by atoms with Crippen LogP contribution in [0, 0.1) is 6.92 Å². The number of benzene rings is 1. The summed E-state index contributed by atoms with van der Waals surface area (Å²) in [5.74, 6) is 6.49. The first-order chi connectivity index (χ1) is 8.65. The van der Waals surface area contributed by atoms with Crippen LogP contribution in [0.1, 0.15) is 22.0 Å². The number of rotatable bonds is 4. The minimum absolute atomic E-state index is 0.113. The number of hydrogen-bond donors (Lipinski definition) is 2. The number of nitrogens with one attached hydrogen (secondary N) is 1. The van der Waals surface area contributed by atoms with Crippen LogP contribution in [-0.4, -0.2) is 7.11 Å². The molecule has 2 aromatic rings. The van der Waals surface area contributed by atoms with Crippen LogP contribution >= 0.6 is 22.9 Å². The van der Waals surface area contributed by atoms with E-state index < -0.39 is 0 Å². The van der Waals surface area contributed by atoms with Gasteiger partial charge in [0.25, 0.3) is 0 Å². The van der Waals surface area contributed by atoms with Crippen LogP contribution in [0.25, 0.3) is 0 Å². The van der Waals surface area contributed by atoms with Crippen LogP contribution < -0.4 is 16.0 Å². The molecule has 0 saturated heterocycles. The Morgan fingerprint density at radius 3 is 2.67 bits per heavy atom. The van der Waals surface area contributed by atoms with Gasteiger partial charge in [-0.1, -0.05) is 23.7 Å². The fourth-order valence-electron chi connectivity index (χ4n) is 1.87. The van der Waals surface area contributed by atoms with E-state index in [0.717, 1.165) is 26.1 Å². The summed E-state index contributed by atoms with van der Waals surface area (Å²) in [4.78, 5) is 1.06. The molecule has 18 heavy (non-hydrogen) atoms. The third-order valence-corrected chi connectivity index (χ3v) is 4.04. The maximum atomic E-state index is 5.97. The van der Waals surface area contributed by atoms with Gasteiger partial charge in [0, 0.05) is 10.4 Å². The summed E-state index contributed by atoms with van der Waals surface area (Å²) in [5.41, 5.74) is 4.97. The number of aryl methyl sites for hydroxylation is 1. The van der Waals surface area contributed by atoms with Gasteiger partial charge in [-0.15, -0.1) is 11.3 Å². The number of ether oxygens (including phenoxy) is 1. The Balaban J connectivity index is 2.44. The zero-order chi connectivity index (χ0) is 13.1. The van der Waals surface area contributed by atoms with Gasteiger partial charge in [-0.05, 0) is 30.7 Å². The number of hydrogen-bond acceptors (Lipinski definition) is 4. The Labute approximate surface area is 116 Å². The zero-order valence-electron chi connectivity index (χ0n) is 10.2. The number of halogens is 1. The van der Waals surface area contributed by atoms with Crippen molar-refractivity contribution in [3.8, 4) is 5.75 Å². The lowest BCUT2D eigenvalue weighted by Crippen LogP contribution is -2.28. The van der Waals surface area contributed by atoms with Crippen LogP contribution in [0.4, 0.5) is 0 Å². The van der Waals surface area contributed by atoms with Crippen molar-refractivity contribution in [3.05, 3.63) is 50.7 Å². The topological polar surface area (TPSA) is 47.3 Å². The van der Waals surface area contributed by atoms with Gasteiger partial charge in [-0.2, -0.15) is 0 Å². The number of thiophene rings is 1. The fraction of sp³-hybridized carbons (Fsp3) is 0.231. The van der Waals surface area contributed by atoms with Crippen LogP contribution in [0.2, 0.25) is 4.34 Å². The van der Waals surface area contributed by atoms with Crippen molar-refractivity contribution in [3.63, 3.8) is 0 Å². The lowest BCUT2D eigenvalue weighted by Gasteiger charge is -2.18. The van der Waals surface area contributed by atoms with Gasteiger partial charge in [0.05, 0.1) is 17.5 Å². The Hall–Kier alpha value is -1.07. The van der Waals surface area contributed by atoms with Gasteiger partial charge >= 0.3 is 0 Å². The first-order valence-electron chi connectivity index (χ1n) is 5.51. The molecule has 3 N–H and O–H groups in total. The van der Waals surface area contributed by atoms with E-state index in [1.165, 1.54) is 11.3 Å². The van der Waals surface area contributed by atoms with Crippen LogP contribution in [0.15, 0.2) is 30.3 Å². The second-order valence-corrected chi connectivity index (χ2v) is 5.73. The standard InChI is InChI=1S/C13H15ClN2OS/c1-8-3-4-9(10(7-8)17-2)13(16-15)11-5-6-12(14)18-11/h3-7,13,16H,15H2,1-2H3. The van der Waals surface area contributed by atoms with Gasteiger partial charge in [-0.3, -0.25) is 5.84 Å². The van der Waals surface area contributed by atoms with Crippen molar-refractivity contribution in [2.24, 2.45) is 5.84 Å². The van der Waals surface area contributed by atoms with E-state index in [-0.39, 0.29) is 6.04 Å². The summed E-state index contributed by atoms with van der Waals surface area (Å²) in [7, 11) is 1.66. The van der Waals surface area contributed by atoms with Crippen molar-refractivity contribution in [1.29, 1.82) is 0 Å². The molecular formula is C13H15ClN2OS. The summed E-state index contributed by atoms with van der Waals surface area (Å²) >= 11 is 7.47. The molecule has 0 spiro atoms. The quantitative estimate of drug-likeness (QED) is 0.668. The van der Waals surface area contributed by atoms with Crippen molar-refractivity contribution < 1.29 is 4.74 Å². The molecular weight excluding hydrogens is 268 g/mol. The van der Waals surface area contributed by atoms with Crippen LogP contribution in [0.3, 0.4) is 0 Å². The van der Waals surface area contributed by atoms with Gasteiger partial charge < -0.3 is 4.74 Å². The van der Waals surface area contributed by atoms with E-state index in [1.54, 1.807) is 7.11 Å². The minimum atomic E-state index is -0.113. The third kappa shape index (κ3) is 2.67. The first kappa shape index (κ1) is 13.4. The van der Waals surface area contributed by atoms with Crippen molar-refractivity contribution in [1.82, 2.24) is 5.43 Å². The van der Waals surface area contributed by atoms with Crippen LogP contribution in [0.5, 0.6) is 5.75 Å². The summed E-state index contributed by atoms with van der Waals surface area (Å²) < 4.78 is 6.16. The Morgan fingerprint density at radius 1 is 1.33 bits per heavy atom. The highest BCUT2D eigenvalue weighted by molar-refractivity contribution is 7.16. The average molecular weight is 283 g/mol. The zero-order valence-corrected chi connectivity index (χ0v) is 11.8. The smallest absolute Gasteiger partial charge is 0.124 e. The van der Waals surface area contributed by atoms with E-state index in [4.69, 9.17) is 22.2 Å². The average Bonchev–Trinajstić information content (AvgIpc) is 2.78. The minimum Gasteiger partial charge on any atom is -0.496 e. The highest BCUT2D eigenvalue weighted by atomic mass is 35.5. The normalized spacial score (nSPS) is 12.4. The molecule has 96 valence electrons. The molecule has 3 nitrogen and oxygen atoms in total. The predicted molar refractivity (Wildman–Crippen MR) is 76.2 cm³/mol. The largest absolute Gasteiger partial charge is 0.496 e. The Kier molecular flexibility index (Phi) is 4.24. The predicted octanol–water partition coefficient (Wildman–Crippen LogP) is 3.27. The highest BCUT2D eigenvalue weighted by Gasteiger charge is 2.18. The van der Waals surface area contributed by atoms with Gasteiger partial charge in [0.15, 0.2) is 0 Å². The molecule has 1 atom stereocenters. The second kappa shape index (κ2) is 5.71. The molecule has 1 aromatic heterocycles. The molecule has 0 fully saturated rings. The maximum Gasteiger partial charge on any atom is 0.124 e. The molecule has 2 rings (SSSR count). The molecule has 0 saturated carbocycles. The number of methoxy groups -OCH3 is 1. The van der Waals surface area contributed by atoms with E-state index in [2.05, 4.69) is 5.43 Å². The SMILES string of the molecule is COc1cc(C)ccc1C(NN)c1ccc(Cl)s1. The van der Waals surface area contributed by atoms with E-state index in [1.807, 2.05) is 37.3 Å². The van der Waals surface area contributed by atoms with E-state index in [9.17, 15) is 0 Å². The van der Waals surface area contributed by atoms with Gasteiger partial charge in [0.1, 0.15) is 5.75 Å². The summed E-state index contributed by atoms with van der Waals surface area (Å²) in [6.45, 7) is 2.03. The molecule has 0 aliphatic rings. The highest BCUT2D eigenvalue weighted by Crippen LogP contribution is 2.35. The van der Waals surface area contributed by atoms with E-state index in [0.29, 0.717) is 0 Å². The number of nitrogens with two attached hydrogens (primary N) is 1. The lowest BCUT2D eigenvalue weighted by molar-refractivity contribution is 0.404. The molecule has 1 unspecified atom stereocenters. The molecule has 0 radical (unpaired) electrons. The summed E-state index contributed by atoms with van der Waals surface area (Å²) in [6.07, 6.45) is 0. The van der Waals surface area contributed by atoms with Crippen molar-refractivity contribution in [2.75, 3.05) is 7.11 Å². The number of hydrazine groups is 1. The summed E-state index contributed by atoms with van der Waals surface area (Å²) in [6, 6.07) is 9.78. The molecule has 5 heteroatoms. The molecule has 0 aliphatic carbocycles. The van der Waals surface area contributed by atoms with Crippen molar-refractivity contribution in [2.45, 2.75) is 13.0 Å². The fourth-order valence-corrected chi connectivity index (χ4v) is 3.01. The lowest BCUT2D eigenvalue weighted by atomic mass is 10.0. The Bertz CT molecular complexity index is 542. The second-order valence-electron chi connectivity index (χ2n) is 3.99. The van der Waals surface area contributed by atoms with Gasteiger partial charge in [-0.25, -0.2) is 5.43 Å². The maximum absolute atomic E-state index is 5.97. The van der Waals surface area contributed by atoms with Crippen LogP contribution in [-0.2, 0) is 0 Å². The molecule has 1 heterocycles. The van der Waals surface area contributed by atoms with Gasteiger partial charge in [0.2, 0.25) is 0 Å². The monoisotopic (exact) mass is 282 g/mol. The molecule has 0 amide bonds. The first-order valence-corrected chi connectivity index (χ1v) is 6.71. The molecule has 0 aliphatic heterocycles. The molecule has 0 bridgehead atoms. The molecule has 1 aromatic carbocycles. The Morgan fingerprint density at radius 2 is 2.11 bits per heavy atom. The van der Waals surface area contributed by atoms with E-state index >= 15 is 0 Å². The third-order valence-electron chi connectivity index (χ3n) is 2.75. The summed E-state index contributed by atoms with van der Waals surface area (Å²) in [5, 5.41) is 0. The van der Waals surface area contributed by atoms with Crippen molar-refractivity contribution >= 4 is 22.9 Å².